The molecule has 0 fully saturated rings. The van der Waals surface area contributed by atoms with Crippen LogP contribution in [0.15, 0.2) is 48.7 Å². The van der Waals surface area contributed by atoms with Crippen molar-refractivity contribution in [1.29, 1.82) is 0 Å². The molecule has 1 N–H and O–H groups in total. The fourth-order valence-corrected chi connectivity index (χ4v) is 2.86. The predicted octanol–water partition coefficient (Wildman–Crippen LogP) is 3.74. The number of benzene rings is 1. The third kappa shape index (κ3) is 4.60. The van der Waals surface area contributed by atoms with Crippen LogP contribution in [-0.4, -0.2) is 27.7 Å². The van der Waals surface area contributed by atoms with Gasteiger partial charge in [-0.2, -0.15) is 0 Å². The Morgan fingerprint density at radius 2 is 1.96 bits per heavy atom. The summed E-state index contributed by atoms with van der Waals surface area (Å²) in [7, 11) is 0. The van der Waals surface area contributed by atoms with E-state index in [1.54, 1.807) is 6.20 Å². The maximum Gasteiger partial charge on any atom is 0.264 e. The van der Waals surface area contributed by atoms with Crippen LogP contribution in [-0.2, 0) is 4.79 Å². The average Bonchev–Trinajstić information content (AvgIpc) is 3.09. The van der Waals surface area contributed by atoms with E-state index in [0.29, 0.717) is 21.8 Å². The van der Waals surface area contributed by atoms with E-state index in [-0.39, 0.29) is 12.5 Å². The average molecular weight is 354 g/mol. The Balaban J connectivity index is 1.53. The van der Waals surface area contributed by atoms with E-state index < -0.39 is 0 Å². The van der Waals surface area contributed by atoms with Crippen LogP contribution in [0.5, 0.6) is 5.75 Å². The Labute approximate surface area is 149 Å². The van der Waals surface area contributed by atoms with E-state index in [0.717, 1.165) is 5.69 Å². The molecule has 2 heterocycles. The van der Waals surface area contributed by atoms with E-state index in [1.165, 1.54) is 16.9 Å². The minimum Gasteiger partial charge on any atom is -0.484 e. The summed E-state index contributed by atoms with van der Waals surface area (Å²) in [6.07, 6.45) is 1.69. The largest absolute Gasteiger partial charge is 0.484 e. The van der Waals surface area contributed by atoms with Crippen molar-refractivity contribution in [1.82, 2.24) is 15.2 Å². The number of aromatic nitrogens is 3. The number of hydrogen-bond acceptors (Lipinski definition) is 6. The predicted molar refractivity (Wildman–Crippen MR) is 97.8 cm³/mol. The molecule has 3 aromatic rings. The normalized spacial score (nSPS) is 10.7. The standard InChI is InChI=1S/C18H18N4O2S/c1-12(2)13-6-8-14(9-7-13)24-11-16(23)20-18-22-21-17(25-18)15-5-3-4-10-19-15/h3-10,12H,11H2,1-2H3,(H,20,22,23). The van der Waals surface area contributed by atoms with Crippen molar-refractivity contribution in [3.05, 3.63) is 54.2 Å². The lowest BCUT2D eigenvalue weighted by Crippen LogP contribution is -2.20. The molecule has 0 aliphatic heterocycles. The zero-order chi connectivity index (χ0) is 17.6. The van der Waals surface area contributed by atoms with Crippen LogP contribution in [0.3, 0.4) is 0 Å². The Morgan fingerprint density at radius 1 is 1.16 bits per heavy atom. The molecule has 1 amide bonds. The van der Waals surface area contributed by atoms with E-state index >= 15 is 0 Å². The van der Waals surface area contributed by atoms with E-state index in [9.17, 15) is 4.79 Å². The molecule has 128 valence electrons. The first-order chi connectivity index (χ1) is 12.1. The number of carbonyl (C=O) groups is 1. The zero-order valence-electron chi connectivity index (χ0n) is 14.0. The van der Waals surface area contributed by atoms with Gasteiger partial charge in [0, 0.05) is 6.20 Å². The molecule has 0 saturated carbocycles. The van der Waals surface area contributed by atoms with Gasteiger partial charge in [0.05, 0.1) is 0 Å². The molecule has 0 spiro atoms. The summed E-state index contributed by atoms with van der Waals surface area (Å²) in [5, 5.41) is 11.8. The molecular formula is C18H18N4O2S. The highest BCUT2D eigenvalue weighted by molar-refractivity contribution is 7.18. The highest BCUT2D eigenvalue weighted by Crippen LogP contribution is 2.24. The fraction of sp³-hybridized carbons (Fsp3) is 0.222. The number of anilines is 1. The van der Waals surface area contributed by atoms with E-state index in [2.05, 4.69) is 34.3 Å². The van der Waals surface area contributed by atoms with Gasteiger partial charge in [-0.05, 0) is 35.7 Å². The number of nitrogens with zero attached hydrogens (tertiary/aromatic N) is 3. The summed E-state index contributed by atoms with van der Waals surface area (Å²) < 4.78 is 5.50. The minimum atomic E-state index is -0.281. The van der Waals surface area contributed by atoms with Crippen molar-refractivity contribution in [2.24, 2.45) is 0 Å². The summed E-state index contributed by atoms with van der Waals surface area (Å²) in [6.45, 7) is 4.18. The van der Waals surface area contributed by atoms with Crippen LogP contribution in [0.1, 0.15) is 25.3 Å². The second-order valence-electron chi connectivity index (χ2n) is 5.69. The zero-order valence-corrected chi connectivity index (χ0v) is 14.8. The molecule has 2 aromatic heterocycles. The molecule has 0 aliphatic rings. The van der Waals surface area contributed by atoms with Gasteiger partial charge in [0.15, 0.2) is 11.6 Å². The van der Waals surface area contributed by atoms with Crippen molar-refractivity contribution in [3.63, 3.8) is 0 Å². The highest BCUT2D eigenvalue weighted by Gasteiger charge is 2.11. The van der Waals surface area contributed by atoms with E-state index in [4.69, 9.17) is 4.74 Å². The third-order valence-corrected chi connectivity index (χ3v) is 4.33. The number of amides is 1. The van der Waals surface area contributed by atoms with E-state index in [1.807, 2.05) is 42.5 Å². The Morgan fingerprint density at radius 3 is 2.64 bits per heavy atom. The summed E-state index contributed by atoms with van der Waals surface area (Å²) in [5.74, 6) is 0.839. The molecule has 0 bridgehead atoms. The quantitative estimate of drug-likeness (QED) is 0.730. The lowest BCUT2D eigenvalue weighted by Gasteiger charge is -2.08. The third-order valence-electron chi connectivity index (χ3n) is 3.47. The number of nitrogens with one attached hydrogen (secondary N) is 1. The highest BCUT2D eigenvalue weighted by atomic mass is 32.1. The number of ether oxygens (including phenoxy) is 1. The molecule has 3 rings (SSSR count). The molecule has 0 radical (unpaired) electrons. The maximum absolute atomic E-state index is 12.0. The Hall–Kier alpha value is -2.80. The minimum absolute atomic E-state index is 0.0838. The van der Waals surface area contributed by atoms with Gasteiger partial charge in [0.2, 0.25) is 5.13 Å². The van der Waals surface area contributed by atoms with Gasteiger partial charge in [-0.1, -0.05) is 43.4 Å². The molecule has 0 aliphatic carbocycles. The van der Waals surface area contributed by atoms with Crippen molar-refractivity contribution in [3.8, 4) is 16.5 Å². The summed E-state index contributed by atoms with van der Waals surface area (Å²) in [4.78, 5) is 16.2. The first-order valence-electron chi connectivity index (χ1n) is 7.89. The van der Waals surface area contributed by atoms with Crippen LogP contribution in [0, 0.1) is 0 Å². The summed E-state index contributed by atoms with van der Waals surface area (Å²) in [6, 6.07) is 13.3. The van der Waals surface area contributed by atoms with Gasteiger partial charge in [-0.3, -0.25) is 15.1 Å². The van der Waals surface area contributed by atoms with Crippen LogP contribution in [0.25, 0.3) is 10.7 Å². The van der Waals surface area contributed by atoms with Crippen molar-refractivity contribution < 1.29 is 9.53 Å². The number of pyridine rings is 1. The molecule has 7 heteroatoms. The topological polar surface area (TPSA) is 77.0 Å². The van der Waals surface area contributed by atoms with Crippen molar-refractivity contribution in [2.45, 2.75) is 19.8 Å². The lowest BCUT2D eigenvalue weighted by molar-refractivity contribution is -0.118. The molecule has 6 nitrogen and oxygen atoms in total. The smallest absolute Gasteiger partial charge is 0.264 e. The van der Waals surface area contributed by atoms with Crippen LogP contribution >= 0.6 is 11.3 Å². The van der Waals surface area contributed by atoms with Gasteiger partial charge in [-0.25, -0.2) is 0 Å². The number of rotatable bonds is 6. The second-order valence-corrected chi connectivity index (χ2v) is 6.67. The first-order valence-corrected chi connectivity index (χ1v) is 8.71. The molecule has 0 saturated heterocycles. The van der Waals surface area contributed by atoms with Crippen molar-refractivity contribution in [2.75, 3.05) is 11.9 Å². The Kier molecular flexibility index (Phi) is 5.35. The summed E-state index contributed by atoms with van der Waals surface area (Å²) in [5.41, 5.74) is 1.95. The SMILES string of the molecule is CC(C)c1ccc(OCC(=O)Nc2nnc(-c3ccccn3)s2)cc1. The fourth-order valence-electron chi connectivity index (χ4n) is 2.12. The van der Waals surface area contributed by atoms with Crippen molar-refractivity contribution >= 4 is 22.4 Å². The maximum atomic E-state index is 12.0. The lowest BCUT2D eigenvalue weighted by atomic mass is 10.0. The monoisotopic (exact) mass is 354 g/mol. The van der Waals surface area contributed by atoms with Gasteiger partial charge < -0.3 is 4.74 Å². The molecule has 1 aromatic carbocycles. The van der Waals surface area contributed by atoms with Crippen LogP contribution in [0.4, 0.5) is 5.13 Å². The van der Waals surface area contributed by atoms with Crippen LogP contribution < -0.4 is 10.1 Å². The molecule has 0 unspecified atom stereocenters. The van der Waals surface area contributed by atoms with Crippen LogP contribution in [0.2, 0.25) is 0 Å². The molecular weight excluding hydrogens is 336 g/mol. The van der Waals surface area contributed by atoms with Gasteiger partial charge in [0.25, 0.3) is 5.91 Å². The van der Waals surface area contributed by atoms with Gasteiger partial charge in [0.1, 0.15) is 11.4 Å². The van der Waals surface area contributed by atoms with Gasteiger partial charge >= 0.3 is 0 Å². The number of hydrogen-bond donors (Lipinski definition) is 1. The van der Waals surface area contributed by atoms with Gasteiger partial charge in [-0.15, -0.1) is 10.2 Å². The molecule has 25 heavy (non-hydrogen) atoms. The second kappa shape index (κ2) is 7.85. The summed E-state index contributed by atoms with van der Waals surface area (Å²) >= 11 is 1.27. The first kappa shape index (κ1) is 17.0. The number of carbonyl (C=O) groups excluding carboxylic acids is 1. The Bertz CT molecular complexity index is 832. The molecule has 0 atom stereocenters.